The Morgan fingerprint density at radius 2 is 2.26 bits per heavy atom. The molecule has 1 fully saturated rings. The van der Waals surface area contributed by atoms with E-state index in [1.165, 1.54) is 17.7 Å². The van der Waals surface area contributed by atoms with Gasteiger partial charge in [0.15, 0.2) is 0 Å². The van der Waals surface area contributed by atoms with Gasteiger partial charge in [-0.05, 0) is 55.2 Å². The van der Waals surface area contributed by atoms with Crippen molar-refractivity contribution in [2.45, 2.75) is 44.6 Å². The second kappa shape index (κ2) is 8.14. The summed E-state index contributed by atoms with van der Waals surface area (Å²) in [7, 11) is 0. The van der Waals surface area contributed by atoms with Crippen molar-refractivity contribution in [2.24, 2.45) is 5.92 Å². The Morgan fingerprint density at radius 1 is 1.39 bits per heavy atom. The van der Waals surface area contributed by atoms with Crippen LogP contribution in [0.3, 0.4) is 0 Å². The molecule has 3 aromatic rings. The van der Waals surface area contributed by atoms with Crippen molar-refractivity contribution in [2.75, 3.05) is 11.9 Å². The van der Waals surface area contributed by atoms with Crippen LogP contribution < -0.4 is 5.32 Å². The molecule has 3 aromatic heterocycles. The van der Waals surface area contributed by atoms with Crippen molar-refractivity contribution in [3.63, 3.8) is 0 Å². The van der Waals surface area contributed by atoms with Gasteiger partial charge in [0.2, 0.25) is 5.78 Å². The maximum Gasteiger partial charge on any atom is 0.208 e. The Labute approximate surface area is 184 Å². The van der Waals surface area contributed by atoms with Gasteiger partial charge in [0.25, 0.3) is 0 Å². The van der Waals surface area contributed by atoms with Gasteiger partial charge in [-0.3, -0.25) is 9.48 Å². The summed E-state index contributed by atoms with van der Waals surface area (Å²) in [5.74, 6) is 0.333. The highest BCUT2D eigenvalue weighted by Gasteiger charge is 2.31. The molecule has 1 aliphatic carbocycles. The molecule has 1 saturated carbocycles. The summed E-state index contributed by atoms with van der Waals surface area (Å²) in [6.07, 6.45) is 5.46. The monoisotopic (exact) mass is 438 g/mol. The van der Waals surface area contributed by atoms with Crippen LogP contribution >= 0.6 is 11.3 Å². The van der Waals surface area contributed by atoms with E-state index in [0.717, 1.165) is 29.8 Å². The number of nitrogens with one attached hydrogen (secondary N) is 1. The molecule has 4 atom stereocenters. The average molecular weight is 439 g/mol. The van der Waals surface area contributed by atoms with Crippen molar-refractivity contribution < 1.29 is 14.6 Å². The number of thiophene rings is 1. The molecule has 0 amide bonds. The maximum absolute atomic E-state index is 13.3. The second-order valence-corrected chi connectivity index (χ2v) is 9.10. The van der Waals surface area contributed by atoms with E-state index in [9.17, 15) is 9.90 Å². The molecule has 1 radical (unpaired) electrons. The van der Waals surface area contributed by atoms with Crippen LogP contribution in [0, 0.1) is 19.8 Å². The van der Waals surface area contributed by atoms with Crippen LogP contribution in [0.2, 0.25) is 0 Å². The van der Waals surface area contributed by atoms with Crippen molar-refractivity contribution in [1.29, 1.82) is 0 Å². The summed E-state index contributed by atoms with van der Waals surface area (Å²) < 4.78 is 8.00. The lowest BCUT2D eigenvalue weighted by Crippen LogP contribution is -2.23. The largest absolute Gasteiger partial charge is 0.393 e. The number of aliphatic hydroxyl groups is 1. The summed E-state index contributed by atoms with van der Waals surface area (Å²) in [6, 6.07) is 1.92. The minimum absolute atomic E-state index is 0.0225. The molecular weight excluding hydrogens is 414 g/mol. The molecule has 2 N–H and O–H groups in total. The Morgan fingerprint density at radius 3 is 3.06 bits per heavy atom. The van der Waals surface area contributed by atoms with Gasteiger partial charge in [-0.25, -0.2) is 9.97 Å². The quantitative estimate of drug-likeness (QED) is 0.591. The molecule has 0 bridgehead atoms. The molecule has 2 aliphatic rings. The number of anilines is 1. The first-order valence-electron chi connectivity index (χ1n) is 10.4. The van der Waals surface area contributed by atoms with E-state index in [0.29, 0.717) is 29.3 Å². The highest BCUT2D eigenvalue weighted by Crippen LogP contribution is 2.35. The first kappa shape index (κ1) is 20.3. The van der Waals surface area contributed by atoms with Crippen molar-refractivity contribution in [1.82, 2.24) is 19.7 Å². The number of hydrogen-bond donors (Lipinski definition) is 2. The topological polar surface area (TPSA) is 102 Å². The summed E-state index contributed by atoms with van der Waals surface area (Å²) in [5, 5.41) is 19.7. The van der Waals surface area contributed by atoms with Gasteiger partial charge in [-0.2, -0.15) is 5.10 Å². The molecule has 0 spiro atoms. The fourth-order valence-corrected chi connectivity index (χ4v) is 5.24. The number of ether oxygens (including phenoxy) is 1. The summed E-state index contributed by atoms with van der Waals surface area (Å²) in [5.41, 5.74) is 3.48. The van der Waals surface area contributed by atoms with Crippen LogP contribution in [0.15, 0.2) is 30.2 Å². The number of nitrogens with zero attached hydrogens (tertiary/aromatic N) is 4. The Hall–Kier alpha value is -2.62. The van der Waals surface area contributed by atoms with Gasteiger partial charge in [0, 0.05) is 12.2 Å². The standard InChI is InChI=1S/C22H24N5O3S/c1-12-5-15(7-17(12)28)26-22-16(9-23-11-24-22)20(29)18-6-14(10-31-18)21-19-13(2)8-25-27(19)3-4-30-21/h6,8-12,15,17,21,28H,1,3-5,7H2,2H3,(H,23,24,26)/t12-,15-,17+,21+/m1/s1. The van der Waals surface area contributed by atoms with Gasteiger partial charge < -0.3 is 15.2 Å². The second-order valence-electron chi connectivity index (χ2n) is 8.19. The minimum atomic E-state index is -0.439. The first-order valence-corrected chi connectivity index (χ1v) is 11.2. The molecule has 4 heterocycles. The van der Waals surface area contributed by atoms with Crippen LogP contribution in [-0.2, 0) is 11.3 Å². The van der Waals surface area contributed by atoms with E-state index in [2.05, 4.69) is 27.3 Å². The van der Waals surface area contributed by atoms with Gasteiger partial charge in [-0.1, -0.05) is 0 Å². The SMILES string of the molecule is [CH2][C@@H]1C[C@@H](Nc2ncncc2C(=O)c2cc([C@@H]3OCCn4ncc(C)c43)cs2)C[C@@H]1O. The minimum Gasteiger partial charge on any atom is -0.393 e. The van der Waals surface area contributed by atoms with Crippen LogP contribution in [0.25, 0.3) is 0 Å². The summed E-state index contributed by atoms with van der Waals surface area (Å²) >= 11 is 1.39. The lowest BCUT2D eigenvalue weighted by atomic mass is 10.0. The van der Waals surface area contributed by atoms with Gasteiger partial charge >= 0.3 is 0 Å². The zero-order chi connectivity index (χ0) is 21.5. The third-order valence-corrected chi connectivity index (χ3v) is 6.96. The zero-order valence-electron chi connectivity index (χ0n) is 17.2. The number of carbonyl (C=O) groups is 1. The lowest BCUT2D eigenvalue weighted by molar-refractivity contribution is 0.0420. The van der Waals surface area contributed by atoms with Crippen LogP contribution in [0.4, 0.5) is 5.82 Å². The highest BCUT2D eigenvalue weighted by molar-refractivity contribution is 7.12. The van der Waals surface area contributed by atoms with Gasteiger partial charge in [0.05, 0.1) is 41.6 Å². The van der Waals surface area contributed by atoms with E-state index in [1.807, 2.05) is 29.2 Å². The third kappa shape index (κ3) is 3.77. The number of ketones is 1. The number of hydrogen-bond acceptors (Lipinski definition) is 8. The number of aromatic nitrogens is 4. The third-order valence-electron chi connectivity index (χ3n) is 6.01. The molecule has 0 aromatic carbocycles. The van der Waals surface area contributed by atoms with E-state index in [4.69, 9.17) is 4.74 Å². The molecule has 0 saturated heterocycles. The first-order chi connectivity index (χ1) is 15.0. The predicted octanol–water partition coefficient (Wildman–Crippen LogP) is 2.78. The number of aryl methyl sites for hydroxylation is 1. The van der Waals surface area contributed by atoms with Crippen LogP contribution in [-0.4, -0.2) is 49.4 Å². The fourth-order valence-electron chi connectivity index (χ4n) is 4.36. The predicted molar refractivity (Wildman–Crippen MR) is 116 cm³/mol. The van der Waals surface area contributed by atoms with Gasteiger partial charge in [0.1, 0.15) is 18.2 Å². The highest BCUT2D eigenvalue weighted by atomic mass is 32.1. The normalized spacial score (nSPS) is 25.4. The molecular formula is C22H24N5O3S. The van der Waals surface area contributed by atoms with Crippen LogP contribution in [0.5, 0.6) is 0 Å². The summed E-state index contributed by atoms with van der Waals surface area (Å²) in [6.45, 7) is 7.31. The van der Waals surface area contributed by atoms with E-state index in [-0.39, 0.29) is 23.8 Å². The molecule has 9 heteroatoms. The smallest absolute Gasteiger partial charge is 0.208 e. The fraction of sp³-hybridized carbons (Fsp3) is 0.409. The number of fused-ring (bicyclic) bond motifs is 1. The Kier molecular flexibility index (Phi) is 5.33. The Bertz CT molecular complexity index is 1100. The molecule has 8 nitrogen and oxygen atoms in total. The molecule has 0 unspecified atom stereocenters. The molecule has 31 heavy (non-hydrogen) atoms. The van der Waals surface area contributed by atoms with E-state index < -0.39 is 6.10 Å². The lowest BCUT2D eigenvalue weighted by Gasteiger charge is -2.24. The molecule has 5 rings (SSSR count). The number of rotatable bonds is 5. The van der Waals surface area contributed by atoms with Crippen molar-refractivity contribution in [3.8, 4) is 0 Å². The number of aliphatic hydroxyl groups excluding tert-OH is 1. The average Bonchev–Trinajstić information content (AvgIpc) is 3.48. The maximum atomic E-state index is 13.3. The zero-order valence-corrected chi connectivity index (χ0v) is 18.0. The van der Waals surface area contributed by atoms with Crippen molar-refractivity contribution in [3.05, 3.63) is 64.4 Å². The van der Waals surface area contributed by atoms with E-state index >= 15 is 0 Å². The van der Waals surface area contributed by atoms with Crippen LogP contribution in [0.1, 0.15) is 51.0 Å². The number of carbonyl (C=O) groups excluding carboxylic acids is 1. The molecule has 161 valence electrons. The summed E-state index contributed by atoms with van der Waals surface area (Å²) in [4.78, 5) is 22.3. The Balaban J connectivity index is 1.39. The molecule has 1 aliphatic heterocycles. The van der Waals surface area contributed by atoms with E-state index in [1.54, 1.807) is 6.20 Å². The van der Waals surface area contributed by atoms with Crippen molar-refractivity contribution >= 4 is 22.9 Å². The van der Waals surface area contributed by atoms with Gasteiger partial charge in [-0.15, -0.1) is 11.3 Å².